The van der Waals surface area contributed by atoms with E-state index in [0.29, 0.717) is 6.04 Å². The van der Waals surface area contributed by atoms with Gasteiger partial charge >= 0.3 is 0 Å². The molecule has 0 N–H and O–H groups in total. The largest absolute Gasteiger partial charge is 0.371 e. The van der Waals surface area contributed by atoms with Crippen molar-refractivity contribution >= 4 is 0 Å². The molecule has 1 heterocycles. The molecule has 1 atom stereocenters. The fraction of sp³-hybridized carbons (Fsp3) is 0.333. The van der Waals surface area contributed by atoms with Crippen molar-refractivity contribution < 1.29 is 0 Å². The predicted octanol–water partition coefficient (Wildman–Crippen LogP) is 4.79. The monoisotopic (exact) mass is 255 g/mol. The molecule has 1 fully saturated rings. The lowest BCUT2D eigenvalue weighted by Crippen LogP contribution is -2.21. The second-order valence-corrected chi connectivity index (χ2v) is 4.50. The van der Waals surface area contributed by atoms with E-state index in [4.69, 9.17) is 0 Å². The number of rotatable bonds is 6. The molecule has 0 spiro atoms. The summed E-state index contributed by atoms with van der Waals surface area (Å²) in [5.41, 5.74) is 0. The third kappa shape index (κ3) is 6.66. The Balaban J connectivity index is 2.45. The van der Waals surface area contributed by atoms with Crippen LogP contribution in [0, 0.1) is 0 Å². The van der Waals surface area contributed by atoms with Crippen LogP contribution in [0.15, 0.2) is 73.0 Å². The standard InChI is InChI=1S/C18H25N/c1-3-5-7-9-11-14-18-15-13-17-19(18)16-12-10-8-6-4-2/h3-12,14,16,18H,13,15,17H2,1-2H3. The van der Waals surface area contributed by atoms with Crippen LogP contribution in [0.1, 0.15) is 26.7 Å². The van der Waals surface area contributed by atoms with Gasteiger partial charge < -0.3 is 4.90 Å². The van der Waals surface area contributed by atoms with Gasteiger partial charge in [0.15, 0.2) is 0 Å². The molecule has 0 radical (unpaired) electrons. The summed E-state index contributed by atoms with van der Waals surface area (Å²) in [4.78, 5) is 2.40. The Hall–Kier alpha value is -1.76. The Morgan fingerprint density at radius 2 is 1.42 bits per heavy atom. The topological polar surface area (TPSA) is 3.24 Å². The summed E-state index contributed by atoms with van der Waals surface area (Å²) in [5, 5.41) is 0. The first-order valence-corrected chi connectivity index (χ1v) is 7.06. The summed E-state index contributed by atoms with van der Waals surface area (Å²) in [5.74, 6) is 0. The first-order chi connectivity index (χ1) is 9.38. The molecule has 1 unspecified atom stereocenters. The quantitative estimate of drug-likeness (QED) is 0.617. The average Bonchev–Trinajstić information content (AvgIpc) is 2.86. The van der Waals surface area contributed by atoms with Crippen molar-refractivity contribution in [1.29, 1.82) is 0 Å². The lowest BCUT2D eigenvalue weighted by atomic mass is 10.2. The van der Waals surface area contributed by atoms with Gasteiger partial charge in [0.2, 0.25) is 0 Å². The van der Waals surface area contributed by atoms with Gasteiger partial charge in [0.25, 0.3) is 0 Å². The first kappa shape index (κ1) is 15.3. The van der Waals surface area contributed by atoms with Crippen molar-refractivity contribution in [2.45, 2.75) is 32.7 Å². The predicted molar refractivity (Wildman–Crippen MR) is 85.9 cm³/mol. The summed E-state index contributed by atoms with van der Waals surface area (Å²) >= 11 is 0. The van der Waals surface area contributed by atoms with Gasteiger partial charge in [0.1, 0.15) is 0 Å². The number of allylic oxidation sites excluding steroid dienone is 10. The molecule has 0 bridgehead atoms. The van der Waals surface area contributed by atoms with Crippen molar-refractivity contribution in [2.24, 2.45) is 0 Å². The Labute approximate surface area is 118 Å². The Bertz CT molecular complexity index is 356. The van der Waals surface area contributed by atoms with Gasteiger partial charge in [-0.25, -0.2) is 0 Å². The van der Waals surface area contributed by atoms with Gasteiger partial charge in [-0.2, -0.15) is 0 Å². The minimum absolute atomic E-state index is 0.543. The number of likely N-dealkylation sites (tertiary alicyclic amines) is 1. The maximum atomic E-state index is 2.40. The molecule has 102 valence electrons. The van der Waals surface area contributed by atoms with Crippen molar-refractivity contribution in [2.75, 3.05) is 6.54 Å². The SMILES string of the molecule is CC=CC=CC=CC1CCCN1C=CC=CC=CC. The minimum Gasteiger partial charge on any atom is -0.371 e. The van der Waals surface area contributed by atoms with Crippen LogP contribution in [0.25, 0.3) is 0 Å². The lowest BCUT2D eigenvalue weighted by molar-refractivity contribution is 0.401. The highest BCUT2D eigenvalue weighted by molar-refractivity contribution is 5.15. The molecule has 0 aromatic heterocycles. The second-order valence-electron chi connectivity index (χ2n) is 4.50. The van der Waals surface area contributed by atoms with Crippen LogP contribution in [0.5, 0.6) is 0 Å². The molecular weight excluding hydrogens is 230 g/mol. The molecule has 0 amide bonds. The molecule has 1 aliphatic heterocycles. The summed E-state index contributed by atoms with van der Waals surface area (Å²) in [6.45, 7) is 5.21. The molecule has 1 heteroatoms. The maximum absolute atomic E-state index is 2.40. The van der Waals surface area contributed by atoms with Crippen molar-refractivity contribution in [3.63, 3.8) is 0 Å². The third-order valence-electron chi connectivity index (χ3n) is 3.00. The zero-order chi connectivity index (χ0) is 13.8. The highest BCUT2D eigenvalue weighted by Crippen LogP contribution is 2.18. The molecule has 0 aromatic carbocycles. The zero-order valence-electron chi connectivity index (χ0n) is 12.1. The highest BCUT2D eigenvalue weighted by Gasteiger charge is 2.17. The van der Waals surface area contributed by atoms with Crippen LogP contribution in [-0.2, 0) is 0 Å². The molecule has 0 aliphatic carbocycles. The smallest absolute Gasteiger partial charge is 0.0471 e. The van der Waals surface area contributed by atoms with E-state index in [2.05, 4.69) is 53.6 Å². The van der Waals surface area contributed by atoms with Crippen molar-refractivity contribution in [1.82, 2.24) is 4.90 Å². The van der Waals surface area contributed by atoms with E-state index in [-0.39, 0.29) is 0 Å². The van der Waals surface area contributed by atoms with E-state index in [1.807, 2.05) is 38.2 Å². The summed E-state index contributed by atoms with van der Waals surface area (Å²) in [6, 6.07) is 0.543. The maximum Gasteiger partial charge on any atom is 0.0471 e. The van der Waals surface area contributed by atoms with Crippen LogP contribution in [-0.4, -0.2) is 17.5 Å². The van der Waals surface area contributed by atoms with E-state index < -0.39 is 0 Å². The van der Waals surface area contributed by atoms with E-state index in [1.54, 1.807) is 0 Å². The Morgan fingerprint density at radius 3 is 2.11 bits per heavy atom. The molecular formula is C18H25N. The van der Waals surface area contributed by atoms with Crippen molar-refractivity contribution in [3.05, 3.63) is 73.0 Å². The van der Waals surface area contributed by atoms with E-state index in [0.717, 1.165) is 6.54 Å². The number of hydrogen-bond acceptors (Lipinski definition) is 1. The molecule has 0 saturated carbocycles. The minimum atomic E-state index is 0.543. The molecule has 1 saturated heterocycles. The van der Waals surface area contributed by atoms with Gasteiger partial charge in [-0.15, -0.1) is 0 Å². The molecule has 1 rings (SSSR count). The van der Waals surface area contributed by atoms with Gasteiger partial charge in [-0.3, -0.25) is 0 Å². The van der Waals surface area contributed by atoms with Crippen LogP contribution in [0.2, 0.25) is 0 Å². The molecule has 0 aromatic rings. The van der Waals surface area contributed by atoms with E-state index >= 15 is 0 Å². The normalized spacial score (nSPS) is 21.8. The number of nitrogens with zero attached hydrogens (tertiary/aromatic N) is 1. The van der Waals surface area contributed by atoms with Crippen LogP contribution in [0.3, 0.4) is 0 Å². The van der Waals surface area contributed by atoms with E-state index in [9.17, 15) is 0 Å². The van der Waals surface area contributed by atoms with Gasteiger partial charge in [-0.1, -0.05) is 60.8 Å². The summed E-state index contributed by atoms with van der Waals surface area (Å²) in [7, 11) is 0. The summed E-state index contributed by atoms with van der Waals surface area (Å²) in [6.07, 6.45) is 27.7. The van der Waals surface area contributed by atoms with Crippen LogP contribution >= 0.6 is 0 Å². The zero-order valence-corrected chi connectivity index (χ0v) is 12.1. The fourth-order valence-corrected chi connectivity index (χ4v) is 2.04. The fourth-order valence-electron chi connectivity index (χ4n) is 2.04. The first-order valence-electron chi connectivity index (χ1n) is 7.06. The molecule has 1 nitrogen and oxygen atoms in total. The van der Waals surface area contributed by atoms with Crippen LogP contribution < -0.4 is 0 Å². The summed E-state index contributed by atoms with van der Waals surface area (Å²) < 4.78 is 0. The number of hydrogen-bond donors (Lipinski definition) is 0. The molecule has 19 heavy (non-hydrogen) atoms. The Kier molecular flexibility index (Phi) is 8.20. The highest BCUT2D eigenvalue weighted by atomic mass is 15.2. The molecule has 1 aliphatic rings. The third-order valence-corrected chi connectivity index (χ3v) is 3.00. The Morgan fingerprint density at radius 1 is 0.789 bits per heavy atom. The second kappa shape index (κ2) is 10.2. The van der Waals surface area contributed by atoms with Crippen LogP contribution in [0.4, 0.5) is 0 Å². The van der Waals surface area contributed by atoms with Gasteiger partial charge in [0, 0.05) is 12.6 Å². The lowest BCUT2D eigenvalue weighted by Gasteiger charge is -2.19. The van der Waals surface area contributed by atoms with E-state index in [1.165, 1.54) is 12.8 Å². The van der Waals surface area contributed by atoms with Crippen molar-refractivity contribution in [3.8, 4) is 0 Å². The van der Waals surface area contributed by atoms with Gasteiger partial charge in [-0.05, 0) is 39.0 Å². The average molecular weight is 255 g/mol. The van der Waals surface area contributed by atoms with Gasteiger partial charge in [0.05, 0.1) is 0 Å².